The molecule has 0 bridgehead atoms. The first-order valence-electron chi connectivity index (χ1n) is 8.75. The number of benzene rings is 1. The van der Waals surface area contributed by atoms with E-state index in [0.717, 1.165) is 42.7 Å². The smallest absolute Gasteiger partial charge is 0.241 e. The first kappa shape index (κ1) is 18.0. The van der Waals surface area contributed by atoms with E-state index in [-0.39, 0.29) is 11.9 Å². The van der Waals surface area contributed by atoms with Gasteiger partial charge in [-0.1, -0.05) is 32.0 Å². The molecule has 2 N–H and O–H groups in total. The fourth-order valence-electron chi connectivity index (χ4n) is 3.33. The highest BCUT2D eigenvalue weighted by Gasteiger charge is 2.27. The predicted octanol–water partition coefficient (Wildman–Crippen LogP) is 3.09. The van der Waals surface area contributed by atoms with Crippen LogP contribution in [0.4, 0.5) is 5.69 Å². The lowest BCUT2D eigenvalue weighted by Crippen LogP contribution is -2.50. The van der Waals surface area contributed by atoms with Gasteiger partial charge in [0.1, 0.15) is 0 Å². The molecule has 2 rings (SSSR count). The molecule has 128 valence electrons. The van der Waals surface area contributed by atoms with Crippen molar-refractivity contribution in [2.75, 3.05) is 18.4 Å². The topological polar surface area (TPSA) is 44.4 Å². The molecule has 1 aliphatic heterocycles. The second-order valence-electron chi connectivity index (χ2n) is 7.06. The van der Waals surface area contributed by atoms with Crippen LogP contribution in [0.3, 0.4) is 0 Å². The summed E-state index contributed by atoms with van der Waals surface area (Å²) in [6.45, 7) is 12.4. The van der Waals surface area contributed by atoms with E-state index in [2.05, 4.69) is 29.4 Å². The van der Waals surface area contributed by atoms with Gasteiger partial charge in [-0.25, -0.2) is 0 Å². The monoisotopic (exact) mass is 317 g/mol. The fourth-order valence-corrected chi connectivity index (χ4v) is 3.33. The Morgan fingerprint density at radius 1 is 1.13 bits per heavy atom. The number of aryl methyl sites for hydroxylation is 2. The minimum absolute atomic E-state index is 0.0889. The maximum atomic E-state index is 12.6. The van der Waals surface area contributed by atoms with Crippen LogP contribution in [0, 0.1) is 13.8 Å². The van der Waals surface area contributed by atoms with Gasteiger partial charge in [0.2, 0.25) is 5.91 Å². The number of piperidine rings is 1. The van der Waals surface area contributed by atoms with Crippen molar-refractivity contribution < 1.29 is 4.79 Å². The Labute approximate surface area is 140 Å². The molecule has 1 aromatic carbocycles. The third-order valence-corrected chi connectivity index (χ3v) is 4.76. The Hall–Kier alpha value is -1.39. The van der Waals surface area contributed by atoms with Gasteiger partial charge in [-0.2, -0.15) is 0 Å². The number of carbonyl (C=O) groups excluding carboxylic acids is 1. The summed E-state index contributed by atoms with van der Waals surface area (Å²) in [6.07, 6.45) is 2.22. The summed E-state index contributed by atoms with van der Waals surface area (Å²) < 4.78 is 0. The second kappa shape index (κ2) is 7.93. The summed E-state index contributed by atoms with van der Waals surface area (Å²) in [5.41, 5.74) is 3.19. The lowest BCUT2D eigenvalue weighted by Gasteiger charge is -2.36. The molecule has 0 radical (unpaired) electrons. The van der Waals surface area contributed by atoms with Gasteiger partial charge in [-0.3, -0.25) is 9.69 Å². The molecule has 1 fully saturated rings. The van der Waals surface area contributed by atoms with Crippen LogP contribution < -0.4 is 10.6 Å². The van der Waals surface area contributed by atoms with Gasteiger partial charge >= 0.3 is 0 Å². The van der Waals surface area contributed by atoms with Crippen LogP contribution in [0.25, 0.3) is 0 Å². The Balaban J connectivity index is 1.91. The van der Waals surface area contributed by atoms with Crippen LogP contribution in [-0.2, 0) is 4.79 Å². The standard InChI is InChI=1S/C19H31N3O/c1-13(2)20-17-9-11-22(12-10-17)16(5)19(23)21-18-14(3)7-6-8-15(18)4/h6-8,13,16-17,20H,9-12H2,1-5H3,(H,21,23). The van der Waals surface area contributed by atoms with Crippen molar-refractivity contribution in [3.8, 4) is 0 Å². The van der Waals surface area contributed by atoms with Gasteiger partial charge in [0, 0.05) is 30.9 Å². The summed E-state index contributed by atoms with van der Waals surface area (Å²) in [4.78, 5) is 14.9. The first-order valence-corrected chi connectivity index (χ1v) is 8.75. The lowest BCUT2D eigenvalue weighted by atomic mass is 10.0. The molecule has 1 saturated heterocycles. The average molecular weight is 317 g/mol. The Morgan fingerprint density at radius 2 is 1.70 bits per heavy atom. The van der Waals surface area contributed by atoms with E-state index in [0.29, 0.717) is 12.1 Å². The largest absolute Gasteiger partial charge is 0.324 e. The van der Waals surface area contributed by atoms with E-state index < -0.39 is 0 Å². The molecule has 1 aromatic rings. The zero-order chi connectivity index (χ0) is 17.0. The summed E-state index contributed by atoms with van der Waals surface area (Å²) in [7, 11) is 0. The fraction of sp³-hybridized carbons (Fsp3) is 0.632. The van der Waals surface area contributed by atoms with E-state index in [4.69, 9.17) is 0 Å². The van der Waals surface area contributed by atoms with E-state index >= 15 is 0 Å². The Kier molecular flexibility index (Phi) is 6.19. The predicted molar refractivity (Wildman–Crippen MR) is 96.9 cm³/mol. The van der Waals surface area contributed by atoms with Crippen LogP contribution in [0.1, 0.15) is 44.7 Å². The van der Waals surface area contributed by atoms with Crippen molar-refractivity contribution in [2.24, 2.45) is 0 Å². The van der Waals surface area contributed by atoms with Crippen molar-refractivity contribution in [3.63, 3.8) is 0 Å². The third-order valence-electron chi connectivity index (χ3n) is 4.76. The molecule has 0 spiro atoms. The van der Waals surface area contributed by atoms with E-state index in [1.54, 1.807) is 0 Å². The number of hydrogen-bond donors (Lipinski definition) is 2. The molecule has 0 aliphatic carbocycles. The number of hydrogen-bond acceptors (Lipinski definition) is 3. The first-order chi connectivity index (χ1) is 10.9. The molecule has 23 heavy (non-hydrogen) atoms. The molecule has 4 heteroatoms. The Bertz CT molecular complexity index is 513. The maximum absolute atomic E-state index is 12.6. The average Bonchev–Trinajstić information content (AvgIpc) is 2.50. The third kappa shape index (κ3) is 4.79. The highest BCUT2D eigenvalue weighted by molar-refractivity contribution is 5.95. The van der Waals surface area contributed by atoms with Crippen LogP contribution in [0.15, 0.2) is 18.2 Å². The summed E-state index contributed by atoms with van der Waals surface area (Å²) in [5, 5.41) is 6.72. The number of nitrogens with zero attached hydrogens (tertiary/aromatic N) is 1. The van der Waals surface area contributed by atoms with Crippen molar-refractivity contribution >= 4 is 11.6 Å². The molecule has 1 unspecified atom stereocenters. The molecule has 1 atom stereocenters. The van der Waals surface area contributed by atoms with E-state index in [1.165, 1.54) is 0 Å². The van der Waals surface area contributed by atoms with Gasteiger partial charge in [-0.05, 0) is 44.7 Å². The molecular weight excluding hydrogens is 286 g/mol. The van der Waals surface area contributed by atoms with Gasteiger partial charge < -0.3 is 10.6 Å². The number of likely N-dealkylation sites (tertiary alicyclic amines) is 1. The van der Waals surface area contributed by atoms with Crippen LogP contribution in [0.5, 0.6) is 0 Å². The number of nitrogens with one attached hydrogen (secondary N) is 2. The normalized spacial score (nSPS) is 18.2. The van der Waals surface area contributed by atoms with Crippen LogP contribution in [0.2, 0.25) is 0 Å². The van der Waals surface area contributed by atoms with Crippen molar-refractivity contribution in [3.05, 3.63) is 29.3 Å². The Morgan fingerprint density at radius 3 is 2.22 bits per heavy atom. The van der Waals surface area contributed by atoms with E-state index in [1.807, 2.05) is 39.0 Å². The number of rotatable bonds is 5. The number of amides is 1. The zero-order valence-corrected chi connectivity index (χ0v) is 15.1. The molecule has 4 nitrogen and oxygen atoms in total. The molecular formula is C19H31N3O. The quantitative estimate of drug-likeness (QED) is 0.877. The number of anilines is 1. The highest BCUT2D eigenvalue weighted by atomic mass is 16.2. The van der Waals surface area contributed by atoms with Gasteiger partial charge in [0.25, 0.3) is 0 Å². The molecule has 1 amide bonds. The summed E-state index contributed by atoms with van der Waals surface area (Å²) >= 11 is 0. The second-order valence-corrected chi connectivity index (χ2v) is 7.06. The molecule has 1 heterocycles. The van der Waals surface area contributed by atoms with Crippen molar-refractivity contribution in [1.82, 2.24) is 10.2 Å². The minimum Gasteiger partial charge on any atom is -0.324 e. The van der Waals surface area contributed by atoms with Gasteiger partial charge in [0.05, 0.1) is 6.04 Å². The van der Waals surface area contributed by atoms with Crippen molar-refractivity contribution in [1.29, 1.82) is 0 Å². The minimum atomic E-state index is -0.0889. The van der Waals surface area contributed by atoms with Gasteiger partial charge in [0.15, 0.2) is 0 Å². The molecule has 1 aliphatic rings. The zero-order valence-electron chi connectivity index (χ0n) is 15.1. The van der Waals surface area contributed by atoms with Crippen LogP contribution >= 0.6 is 0 Å². The lowest BCUT2D eigenvalue weighted by molar-refractivity contribution is -0.121. The highest BCUT2D eigenvalue weighted by Crippen LogP contribution is 2.21. The summed E-state index contributed by atoms with van der Waals surface area (Å²) in [6, 6.07) is 7.12. The van der Waals surface area contributed by atoms with Gasteiger partial charge in [-0.15, -0.1) is 0 Å². The van der Waals surface area contributed by atoms with Crippen LogP contribution in [-0.4, -0.2) is 42.0 Å². The summed E-state index contributed by atoms with van der Waals surface area (Å²) in [5.74, 6) is 0.0951. The molecule has 0 aromatic heterocycles. The van der Waals surface area contributed by atoms with Crippen molar-refractivity contribution in [2.45, 2.75) is 65.6 Å². The SMILES string of the molecule is Cc1cccc(C)c1NC(=O)C(C)N1CCC(NC(C)C)CC1. The molecule has 0 saturated carbocycles. The van der Waals surface area contributed by atoms with E-state index in [9.17, 15) is 4.79 Å². The number of carbonyl (C=O) groups is 1. The number of para-hydroxylation sites is 1. The maximum Gasteiger partial charge on any atom is 0.241 e.